The first kappa shape index (κ1) is 19.6. The Morgan fingerprint density at radius 2 is 1.80 bits per heavy atom. The van der Waals surface area contributed by atoms with E-state index in [-0.39, 0.29) is 11.5 Å². The molecule has 0 N–H and O–H groups in total. The molecule has 2 aromatic carbocycles. The Bertz CT molecular complexity index is 1150. The normalized spacial score (nSPS) is 11.1. The lowest BCUT2D eigenvalue weighted by Gasteiger charge is -2.20. The number of hydrogen-bond donors (Lipinski definition) is 0. The molecular formula is C22H17F3N4O. The molecule has 0 aliphatic carbocycles. The number of anilines is 1. The number of pyridine rings is 1. The van der Waals surface area contributed by atoms with Gasteiger partial charge in [0, 0.05) is 48.4 Å². The van der Waals surface area contributed by atoms with E-state index in [1.165, 1.54) is 6.07 Å². The maximum absolute atomic E-state index is 14.6. The predicted octanol–water partition coefficient (Wildman–Crippen LogP) is 5.51. The molecule has 4 aromatic rings. The second-order valence-corrected chi connectivity index (χ2v) is 6.70. The van der Waals surface area contributed by atoms with E-state index in [1.807, 2.05) is 48.3 Å². The Morgan fingerprint density at radius 3 is 2.50 bits per heavy atom. The highest BCUT2D eigenvalue weighted by Crippen LogP contribution is 2.27. The number of aromatic nitrogens is 3. The van der Waals surface area contributed by atoms with Gasteiger partial charge in [-0.2, -0.15) is 8.78 Å². The van der Waals surface area contributed by atoms with Crippen LogP contribution in [0, 0.1) is 5.82 Å². The lowest BCUT2D eigenvalue weighted by Crippen LogP contribution is -2.17. The van der Waals surface area contributed by atoms with Gasteiger partial charge in [0.25, 0.3) is 5.89 Å². The summed E-state index contributed by atoms with van der Waals surface area (Å²) in [6, 6.07) is 16.1. The molecule has 0 saturated heterocycles. The Morgan fingerprint density at radius 1 is 0.967 bits per heavy atom. The van der Waals surface area contributed by atoms with Crippen molar-refractivity contribution < 1.29 is 17.6 Å². The Hall–Kier alpha value is -3.68. The molecule has 0 atom stereocenters. The first-order valence-corrected chi connectivity index (χ1v) is 9.13. The standard InChI is InChI=1S/C22H17F3N4O/c1-29(18-6-2-4-14(10-18)16-5-3-9-26-12-16)13-17-8-7-15(11-19(17)23)21-27-28-22(30-21)20(24)25/h2-12,20H,13H2,1H3. The molecule has 0 fully saturated rings. The second kappa shape index (κ2) is 8.36. The summed E-state index contributed by atoms with van der Waals surface area (Å²) in [6.45, 7) is 0.314. The van der Waals surface area contributed by atoms with Crippen LogP contribution in [-0.4, -0.2) is 22.2 Å². The van der Waals surface area contributed by atoms with E-state index in [0.717, 1.165) is 16.8 Å². The monoisotopic (exact) mass is 410 g/mol. The zero-order valence-electron chi connectivity index (χ0n) is 16.0. The average Bonchev–Trinajstić information content (AvgIpc) is 3.26. The van der Waals surface area contributed by atoms with Crippen molar-refractivity contribution in [2.24, 2.45) is 0 Å². The molecule has 0 saturated carbocycles. The predicted molar refractivity (Wildman–Crippen MR) is 106 cm³/mol. The van der Waals surface area contributed by atoms with Gasteiger partial charge in [-0.15, -0.1) is 10.2 Å². The molecule has 2 heterocycles. The van der Waals surface area contributed by atoms with E-state index in [0.29, 0.717) is 12.1 Å². The van der Waals surface area contributed by atoms with Crippen molar-refractivity contribution in [1.29, 1.82) is 0 Å². The van der Waals surface area contributed by atoms with Crippen LogP contribution in [0.15, 0.2) is 71.4 Å². The highest BCUT2D eigenvalue weighted by Gasteiger charge is 2.18. The minimum Gasteiger partial charge on any atom is -0.415 e. The number of hydrogen-bond acceptors (Lipinski definition) is 5. The van der Waals surface area contributed by atoms with Gasteiger partial charge < -0.3 is 9.32 Å². The van der Waals surface area contributed by atoms with Crippen LogP contribution >= 0.6 is 0 Å². The minimum atomic E-state index is -2.87. The molecule has 0 amide bonds. The number of rotatable bonds is 6. The fraction of sp³-hybridized carbons (Fsp3) is 0.136. The number of halogens is 3. The van der Waals surface area contributed by atoms with Crippen LogP contribution in [0.25, 0.3) is 22.6 Å². The van der Waals surface area contributed by atoms with Gasteiger partial charge in [-0.1, -0.05) is 24.3 Å². The van der Waals surface area contributed by atoms with Gasteiger partial charge >= 0.3 is 6.43 Å². The molecule has 0 aliphatic heterocycles. The topological polar surface area (TPSA) is 55.1 Å². The maximum atomic E-state index is 14.6. The first-order chi connectivity index (χ1) is 14.5. The maximum Gasteiger partial charge on any atom is 0.314 e. The van der Waals surface area contributed by atoms with Gasteiger partial charge in [0.05, 0.1) is 0 Å². The molecule has 0 radical (unpaired) electrons. The summed E-state index contributed by atoms with van der Waals surface area (Å²) in [6.07, 6.45) is 0.634. The average molecular weight is 410 g/mol. The van der Waals surface area contributed by atoms with Crippen molar-refractivity contribution in [2.75, 3.05) is 11.9 Å². The summed E-state index contributed by atoms with van der Waals surface area (Å²) in [5.41, 5.74) is 3.61. The van der Waals surface area contributed by atoms with Crippen molar-refractivity contribution in [2.45, 2.75) is 13.0 Å². The highest BCUT2D eigenvalue weighted by molar-refractivity contribution is 5.67. The van der Waals surface area contributed by atoms with E-state index in [4.69, 9.17) is 4.42 Å². The lowest BCUT2D eigenvalue weighted by molar-refractivity contribution is 0.116. The number of benzene rings is 2. The summed E-state index contributed by atoms with van der Waals surface area (Å²) in [7, 11) is 1.86. The van der Waals surface area contributed by atoms with E-state index in [2.05, 4.69) is 15.2 Å². The second-order valence-electron chi connectivity index (χ2n) is 6.70. The molecule has 8 heteroatoms. The van der Waals surface area contributed by atoms with Gasteiger partial charge in [0.15, 0.2) is 0 Å². The number of nitrogens with zero attached hydrogens (tertiary/aromatic N) is 4. The van der Waals surface area contributed by atoms with E-state index < -0.39 is 18.1 Å². The minimum absolute atomic E-state index is 0.145. The van der Waals surface area contributed by atoms with Crippen molar-refractivity contribution in [1.82, 2.24) is 15.2 Å². The van der Waals surface area contributed by atoms with Crippen LogP contribution in [0.4, 0.5) is 18.9 Å². The summed E-state index contributed by atoms with van der Waals surface area (Å²) in [4.78, 5) is 6.05. The van der Waals surface area contributed by atoms with Gasteiger partial charge in [-0.25, -0.2) is 4.39 Å². The molecule has 0 unspecified atom stereocenters. The fourth-order valence-electron chi connectivity index (χ4n) is 3.05. The third kappa shape index (κ3) is 4.17. The van der Waals surface area contributed by atoms with E-state index in [1.54, 1.807) is 24.5 Å². The largest absolute Gasteiger partial charge is 0.415 e. The zero-order valence-corrected chi connectivity index (χ0v) is 16.0. The molecule has 0 bridgehead atoms. The van der Waals surface area contributed by atoms with Crippen LogP contribution in [0.1, 0.15) is 17.9 Å². The van der Waals surface area contributed by atoms with E-state index >= 15 is 0 Å². The quantitative estimate of drug-likeness (QED) is 0.419. The molecule has 4 rings (SSSR count). The molecule has 30 heavy (non-hydrogen) atoms. The van der Waals surface area contributed by atoms with E-state index in [9.17, 15) is 13.2 Å². The molecule has 0 spiro atoms. The SMILES string of the molecule is CN(Cc1ccc(-c2nnc(C(F)F)o2)cc1F)c1cccc(-c2cccnc2)c1. The highest BCUT2D eigenvalue weighted by atomic mass is 19.3. The first-order valence-electron chi connectivity index (χ1n) is 9.13. The molecular weight excluding hydrogens is 393 g/mol. The van der Waals surface area contributed by atoms with Crippen LogP contribution in [0.3, 0.4) is 0 Å². The fourth-order valence-corrected chi connectivity index (χ4v) is 3.05. The summed E-state index contributed by atoms with van der Waals surface area (Å²) in [5.74, 6) is -1.42. The smallest absolute Gasteiger partial charge is 0.314 e. The third-order valence-electron chi connectivity index (χ3n) is 4.62. The van der Waals surface area contributed by atoms with Crippen LogP contribution in [-0.2, 0) is 6.54 Å². The summed E-state index contributed by atoms with van der Waals surface area (Å²) < 4.78 is 44.7. The Kier molecular flexibility index (Phi) is 5.47. The van der Waals surface area contributed by atoms with Crippen LogP contribution in [0.2, 0.25) is 0 Å². The molecule has 0 aliphatic rings. The van der Waals surface area contributed by atoms with Crippen molar-refractivity contribution in [3.05, 3.63) is 84.3 Å². The van der Waals surface area contributed by atoms with Crippen molar-refractivity contribution >= 4 is 5.69 Å². The van der Waals surface area contributed by atoms with Gasteiger partial charge in [0.1, 0.15) is 5.82 Å². The van der Waals surface area contributed by atoms with Gasteiger partial charge in [0.2, 0.25) is 5.89 Å². The van der Waals surface area contributed by atoms with Crippen molar-refractivity contribution in [3.8, 4) is 22.6 Å². The van der Waals surface area contributed by atoms with Crippen LogP contribution < -0.4 is 4.90 Å². The van der Waals surface area contributed by atoms with Crippen molar-refractivity contribution in [3.63, 3.8) is 0 Å². The zero-order chi connectivity index (χ0) is 21.1. The summed E-state index contributed by atoms with van der Waals surface area (Å²) >= 11 is 0. The lowest BCUT2D eigenvalue weighted by atomic mass is 10.1. The van der Waals surface area contributed by atoms with Gasteiger partial charge in [-0.05, 0) is 35.9 Å². The molecule has 2 aromatic heterocycles. The molecule has 5 nitrogen and oxygen atoms in total. The summed E-state index contributed by atoms with van der Waals surface area (Å²) in [5, 5.41) is 6.81. The van der Waals surface area contributed by atoms with Gasteiger partial charge in [-0.3, -0.25) is 4.98 Å². The molecule has 152 valence electrons. The third-order valence-corrected chi connectivity index (χ3v) is 4.62. The Balaban J connectivity index is 1.53. The van der Waals surface area contributed by atoms with Crippen LogP contribution in [0.5, 0.6) is 0 Å². The number of alkyl halides is 2. The Labute approximate surface area is 170 Å².